The van der Waals surface area contributed by atoms with Crippen LogP contribution in [0.5, 0.6) is 17.2 Å². The molecular weight excluding hydrogens is 290 g/mol. The lowest BCUT2D eigenvalue weighted by Crippen LogP contribution is -2.24. The van der Waals surface area contributed by atoms with E-state index in [1.807, 2.05) is 0 Å². The van der Waals surface area contributed by atoms with Crippen molar-refractivity contribution >= 4 is 18.0 Å². The second kappa shape index (κ2) is 8.56. The van der Waals surface area contributed by atoms with Gasteiger partial charge in [0.2, 0.25) is 0 Å². The summed E-state index contributed by atoms with van der Waals surface area (Å²) in [6.45, 7) is -0.331. The first-order valence-electron chi connectivity index (χ1n) is 6.41. The Morgan fingerprint density at radius 3 is 2.18 bits per heavy atom. The highest BCUT2D eigenvalue weighted by molar-refractivity contribution is 5.89. The lowest BCUT2D eigenvalue weighted by atomic mass is 10.1. The van der Waals surface area contributed by atoms with Gasteiger partial charge in [0.05, 0.1) is 21.3 Å². The molecule has 22 heavy (non-hydrogen) atoms. The SMILES string of the molecule is CNC(=O)COC(=O)/C=C/c1cc(OC)c(OC)cc1OC. The van der Waals surface area contributed by atoms with E-state index in [1.165, 1.54) is 40.5 Å². The van der Waals surface area contributed by atoms with Crippen molar-refractivity contribution in [2.24, 2.45) is 0 Å². The number of esters is 1. The van der Waals surface area contributed by atoms with Crippen LogP contribution < -0.4 is 19.5 Å². The maximum Gasteiger partial charge on any atom is 0.331 e. The number of nitrogens with one attached hydrogen (secondary N) is 1. The van der Waals surface area contributed by atoms with E-state index in [0.29, 0.717) is 22.8 Å². The number of methoxy groups -OCH3 is 3. The molecule has 0 spiro atoms. The summed E-state index contributed by atoms with van der Waals surface area (Å²) in [7, 11) is 5.99. The molecule has 0 aliphatic rings. The highest BCUT2D eigenvalue weighted by atomic mass is 16.5. The molecule has 0 aromatic heterocycles. The van der Waals surface area contributed by atoms with Crippen LogP contribution in [-0.2, 0) is 14.3 Å². The molecule has 0 fully saturated rings. The smallest absolute Gasteiger partial charge is 0.331 e. The van der Waals surface area contributed by atoms with Gasteiger partial charge < -0.3 is 24.3 Å². The number of carbonyl (C=O) groups excluding carboxylic acids is 2. The van der Waals surface area contributed by atoms with E-state index in [-0.39, 0.29) is 12.5 Å². The van der Waals surface area contributed by atoms with Gasteiger partial charge in [-0.25, -0.2) is 4.79 Å². The average molecular weight is 309 g/mol. The predicted molar refractivity (Wildman–Crippen MR) is 80.2 cm³/mol. The molecular formula is C15H19NO6. The predicted octanol–water partition coefficient (Wildman–Crippen LogP) is 1.01. The molecule has 0 saturated heterocycles. The Balaban J connectivity index is 2.89. The maximum atomic E-state index is 11.5. The summed E-state index contributed by atoms with van der Waals surface area (Å²) in [5.74, 6) is 0.499. The molecule has 0 unspecified atom stereocenters. The first-order valence-corrected chi connectivity index (χ1v) is 6.41. The second-order valence-electron chi connectivity index (χ2n) is 4.06. The maximum absolute atomic E-state index is 11.5. The number of likely N-dealkylation sites (N-methyl/N-ethyl adjacent to an activating group) is 1. The number of hydrogen-bond acceptors (Lipinski definition) is 6. The zero-order valence-electron chi connectivity index (χ0n) is 13.0. The van der Waals surface area contributed by atoms with E-state index in [2.05, 4.69) is 5.32 Å². The summed E-state index contributed by atoms with van der Waals surface area (Å²) in [4.78, 5) is 22.5. The summed E-state index contributed by atoms with van der Waals surface area (Å²) < 4.78 is 20.4. The normalized spacial score (nSPS) is 10.2. The van der Waals surface area contributed by atoms with Gasteiger partial charge in [-0.1, -0.05) is 0 Å². The van der Waals surface area contributed by atoms with E-state index in [4.69, 9.17) is 18.9 Å². The van der Waals surface area contributed by atoms with Crippen LogP contribution in [0.2, 0.25) is 0 Å². The molecule has 0 atom stereocenters. The molecule has 0 saturated carbocycles. The summed E-state index contributed by atoms with van der Waals surface area (Å²) in [5.41, 5.74) is 0.608. The Labute approximate surface area is 128 Å². The quantitative estimate of drug-likeness (QED) is 0.598. The Morgan fingerprint density at radius 1 is 1.05 bits per heavy atom. The summed E-state index contributed by atoms with van der Waals surface area (Å²) in [5, 5.41) is 2.35. The van der Waals surface area contributed by atoms with E-state index >= 15 is 0 Å². The van der Waals surface area contributed by atoms with Crippen molar-refractivity contribution in [3.8, 4) is 17.2 Å². The van der Waals surface area contributed by atoms with Crippen LogP contribution >= 0.6 is 0 Å². The minimum Gasteiger partial charge on any atom is -0.496 e. The largest absolute Gasteiger partial charge is 0.496 e. The second-order valence-corrected chi connectivity index (χ2v) is 4.06. The van der Waals surface area contributed by atoms with Crippen LogP contribution in [0.3, 0.4) is 0 Å². The van der Waals surface area contributed by atoms with Crippen LogP contribution in [0.25, 0.3) is 6.08 Å². The monoisotopic (exact) mass is 309 g/mol. The molecule has 1 aromatic rings. The third-order valence-corrected chi connectivity index (χ3v) is 2.76. The molecule has 7 heteroatoms. The van der Waals surface area contributed by atoms with Crippen molar-refractivity contribution < 1.29 is 28.5 Å². The molecule has 0 bridgehead atoms. The van der Waals surface area contributed by atoms with Gasteiger partial charge in [-0.15, -0.1) is 0 Å². The van der Waals surface area contributed by atoms with Gasteiger partial charge in [0.25, 0.3) is 5.91 Å². The third kappa shape index (κ3) is 4.69. The van der Waals surface area contributed by atoms with Crippen LogP contribution in [0.4, 0.5) is 0 Å². The molecule has 1 rings (SSSR count). The number of carbonyl (C=O) groups is 2. The molecule has 1 amide bonds. The Hall–Kier alpha value is -2.70. The minimum absolute atomic E-state index is 0.331. The van der Waals surface area contributed by atoms with Gasteiger partial charge in [-0.05, 0) is 12.1 Å². The summed E-state index contributed by atoms with van der Waals surface area (Å²) in [6.07, 6.45) is 2.71. The van der Waals surface area contributed by atoms with Crippen LogP contribution in [0.1, 0.15) is 5.56 Å². The van der Waals surface area contributed by atoms with Gasteiger partial charge >= 0.3 is 5.97 Å². The van der Waals surface area contributed by atoms with E-state index in [9.17, 15) is 9.59 Å². The van der Waals surface area contributed by atoms with Gasteiger partial charge in [-0.2, -0.15) is 0 Å². The highest BCUT2D eigenvalue weighted by Gasteiger charge is 2.10. The summed E-state index contributed by atoms with van der Waals surface area (Å²) in [6, 6.07) is 3.31. The van der Waals surface area contributed by atoms with E-state index in [1.54, 1.807) is 12.1 Å². The Bertz CT molecular complexity index is 567. The minimum atomic E-state index is -0.638. The van der Waals surface area contributed by atoms with Crippen molar-refractivity contribution in [3.05, 3.63) is 23.8 Å². The van der Waals surface area contributed by atoms with Crippen molar-refractivity contribution in [1.82, 2.24) is 5.32 Å². The fourth-order valence-corrected chi connectivity index (χ4v) is 1.60. The van der Waals surface area contributed by atoms with Crippen molar-refractivity contribution in [1.29, 1.82) is 0 Å². The molecule has 0 aliphatic carbocycles. The average Bonchev–Trinajstić information content (AvgIpc) is 2.56. The van der Waals surface area contributed by atoms with Gasteiger partial charge in [0.15, 0.2) is 18.1 Å². The zero-order chi connectivity index (χ0) is 16.5. The van der Waals surface area contributed by atoms with Crippen molar-refractivity contribution in [3.63, 3.8) is 0 Å². The number of ether oxygens (including phenoxy) is 4. The number of amides is 1. The van der Waals surface area contributed by atoms with Gasteiger partial charge in [-0.3, -0.25) is 4.79 Å². The van der Waals surface area contributed by atoms with Crippen molar-refractivity contribution in [2.75, 3.05) is 35.0 Å². The molecule has 0 heterocycles. The lowest BCUT2D eigenvalue weighted by molar-refractivity contribution is -0.143. The number of benzene rings is 1. The van der Waals surface area contributed by atoms with Crippen molar-refractivity contribution in [2.45, 2.75) is 0 Å². The molecule has 120 valence electrons. The summed E-state index contributed by atoms with van der Waals surface area (Å²) >= 11 is 0. The highest BCUT2D eigenvalue weighted by Crippen LogP contribution is 2.35. The van der Waals surface area contributed by atoms with Crippen LogP contribution in [-0.4, -0.2) is 46.9 Å². The fourth-order valence-electron chi connectivity index (χ4n) is 1.60. The first-order chi connectivity index (χ1) is 10.5. The standard InChI is InChI=1S/C15H19NO6/c1-16-14(17)9-22-15(18)6-5-10-7-12(20-3)13(21-4)8-11(10)19-2/h5-8H,9H2,1-4H3,(H,16,17)/b6-5+. The molecule has 0 radical (unpaired) electrons. The fraction of sp³-hybridized carbons (Fsp3) is 0.333. The molecule has 1 aromatic carbocycles. The van der Waals surface area contributed by atoms with Gasteiger partial charge in [0, 0.05) is 24.8 Å². The topological polar surface area (TPSA) is 83.1 Å². The first kappa shape index (κ1) is 17.4. The molecule has 0 aliphatic heterocycles. The Morgan fingerprint density at radius 2 is 1.64 bits per heavy atom. The van der Waals surface area contributed by atoms with Crippen LogP contribution in [0, 0.1) is 0 Å². The number of hydrogen-bond donors (Lipinski definition) is 1. The number of rotatable bonds is 7. The lowest BCUT2D eigenvalue weighted by Gasteiger charge is -2.12. The molecule has 7 nitrogen and oxygen atoms in total. The third-order valence-electron chi connectivity index (χ3n) is 2.76. The Kier molecular flexibility index (Phi) is 6.75. The van der Waals surface area contributed by atoms with E-state index in [0.717, 1.165) is 0 Å². The van der Waals surface area contributed by atoms with Crippen LogP contribution in [0.15, 0.2) is 18.2 Å². The molecule has 1 N–H and O–H groups in total. The van der Waals surface area contributed by atoms with Gasteiger partial charge in [0.1, 0.15) is 5.75 Å². The van der Waals surface area contributed by atoms with E-state index < -0.39 is 5.97 Å². The zero-order valence-corrected chi connectivity index (χ0v) is 13.0.